The minimum atomic E-state index is -4.36. The maximum atomic E-state index is 12.2. The van der Waals surface area contributed by atoms with Gasteiger partial charge in [0.25, 0.3) is 0 Å². The highest BCUT2D eigenvalue weighted by molar-refractivity contribution is 14.0. The van der Waals surface area contributed by atoms with E-state index in [2.05, 4.69) is 20.6 Å². The SMILES string of the molecule is CCNC(=NCc1ccc(OCC(F)(F)F)cc1)NCc1ccccc1-n1ccnc1.I. The van der Waals surface area contributed by atoms with Crippen LogP contribution in [0.1, 0.15) is 18.1 Å². The van der Waals surface area contributed by atoms with E-state index < -0.39 is 12.8 Å². The summed E-state index contributed by atoms with van der Waals surface area (Å²) in [6.07, 6.45) is 1.02. The molecule has 172 valence electrons. The fourth-order valence-corrected chi connectivity index (χ4v) is 2.86. The molecule has 0 saturated heterocycles. The van der Waals surface area contributed by atoms with Crippen molar-refractivity contribution in [2.45, 2.75) is 26.2 Å². The number of nitrogens with one attached hydrogen (secondary N) is 2. The van der Waals surface area contributed by atoms with Gasteiger partial charge >= 0.3 is 6.18 Å². The molecule has 2 N–H and O–H groups in total. The van der Waals surface area contributed by atoms with Crippen molar-refractivity contribution in [2.75, 3.05) is 13.2 Å². The molecule has 0 spiro atoms. The highest BCUT2D eigenvalue weighted by atomic mass is 127. The van der Waals surface area contributed by atoms with Crippen molar-refractivity contribution in [2.24, 2.45) is 4.99 Å². The van der Waals surface area contributed by atoms with Crippen LogP contribution in [0.3, 0.4) is 0 Å². The molecule has 0 aliphatic carbocycles. The Labute approximate surface area is 201 Å². The van der Waals surface area contributed by atoms with E-state index in [-0.39, 0.29) is 29.7 Å². The highest BCUT2D eigenvalue weighted by Gasteiger charge is 2.28. The summed E-state index contributed by atoms with van der Waals surface area (Å²) in [4.78, 5) is 8.66. The van der Waals surface area contributed by atoms with Gasteiger partial charge in [0.2, 0.25) is 0 Å². The molecule has 3 rings (SSSR count). The third-order valence-electron chi connectivity index (χ3n) is 4.31. The maximum Gasteiger partial charge on any atom is 0.422 e. The van der Waals surface area contributed by atoms with Crippen molar-refractivity contribution in [3.05, 3.63) is 78.4 Å². The molecule has 3 aromatic rings. The molecule has 0 aliphatic rings. The monoisotopic (exact) mass is 559 g/mol. The summed E-state index contributed by atoms with van der Waals surface area (Å²) >= 11 is 0. The van der Waals surface area contributed by atoms with Crippen LogP contribution in [0.15, 0.2) is 72.2 Å². The van der Waals surface area contributed by atoms with Gasteiger partial charge in [0.05, 0.1) is 18.6 Å². The minimum Gasteiger partial charge on any atom is -0.484 e. The zero-order valence-corrected chi connectivity index (χ0v) is 19.8. The maximum absolute atomic E-state index is 12.2. The average Bonchev–Trinajstić information content (AvgIpc) is 3.29. The van der Waals surface area contributed by atoms with E-state index in [4.69, 9.17) is 4.74 Å². The van der Waals surface area contributed by atoms with Crippen LogP contribution in [0.25, 0.3) is 5.69 Å². The molecule has 0 radical (unpaired) electrons. The van der Waals surface area contributed by atoms with Crippen LogP contribution in [0, 0.1) is 0 Å². The van der Waals surface area contributed by atoms with E-state index in [1.165, 1.54) is 12.1 Å². The largest absolute Gasteiger partial charge is 0.484 e. The molecule has 10 heteroatoms. The third kappa shape index (κ3) is 8.06. The predicted octanol–water partition coefficient (Wildman–Crippen LogP) is 4.69. The third-order valence-corrected chi connectivity index (χ3v) is 4.31. The van der Waals surface area contributed by atoms with Gasteiger partial charge in [-0.15, -0.1) is 24.0 Å². The van der Waals surface area contributed by atoms with Crippen LogP contribution >= 0.6 is 24.0 Å². The summed E-state index contributed by atoms with van der Waals surface area (Å²) in [6.45, 7) is 2.30. The number of aromatic nitrogens is 2. The van der Waals surface area contributed by atoms with Gasteiger partial charge in [-0.05, 0) is 36.2 Å². The summed E-state index contributed by atoms with van der Waals surface area (Å²) in [7, 11) is 0. The minimum absolute atomic E-state index is 0. The first-order valence-electron chi connectivity index (χ1n) is 9.81. The van der Waals surface area contributed by atoms with E-state index in [0.29, 0.717) is 25.6 Å². The number of ether oxygens (including phenoxy) is 1. The van der Waals surface area contributed by atoms with Gasteiger partial charge in [-0.2, -0.15) is 13.2 Å². The van der Waals surface area contributed by atoms with Crippen molar-refractivity contribution in [3.63, 3.8) is 0 Å². The fourth-order valence-electron chi connectivity index (χ4n) is 2.86. The smallest absolute Gasteiger partial charge is 0.422 e. The lowest BCUT2D eigenvalue weighted by Gasteiger charge is -2.14. The second-order valence-corrected chi connectivity index (χ2v) is 6.70. The van der Waals surface area contributed by atoms with Crippen LogP contribution in [-0.2, 0) is 13.1 Å². The first-order chi connectivity index (χ1) is 14.9. The van der Waals surface area contributed by atoms with Gasteiger partial charge in [-0.3, -0.25) is 0 Å². The Bertz CT molecular complexity index is 976. The summed E-state index contributed by atoms with van der Waals surface area (Å²) in [5.74, 6) is 0.812. The van der Waals surface area contributed by atoms with Crippen LogP contribution in [0.4, 0.5) is 13.2 Å². The zero-order chi connectivity index (χ0) is 22.1. The Hall–Kier alpha value is -2.76. The predicted molar refractivity (Wildman–Crippen MR) is 129 cm³/mol. The first kappa shape index (κ1) is 25.5. The second-order valence-electron chi connectivity index (χ2n) is 6.70. The van der Waals surface area contributed by atoms with Gasteiger partial charge in [0.1, 0.15) is 5.75 Å². The molecule has 1 aromatic heterocycles. The van der Waals surface area contributed by atoms with Gasteiger partial charge in [-0.25, -0.2) is 9.98 Å². The molecular weight excluding hydrogens is 534 g/mol. The Morgan fingerprint density at radius 2 is 1.84 bits per heavy atom. The van der Waals surface area contributed by atoms with Crippen molar-refractivity contribution in [3.8, 4) is 11.4 Å². The number of imidazole rings is 1. The van der Waals surface area contributed by atoms with Gasteiger partial charge in [0.15, 0.2) is 12.6 Å². The summed E-state index contributed by atoms with van der Waals surface area (Å²) in [6, 6.07) is 14.4. The fraction of sp³-hybridized carbons (Fsp3) is 0.273. The number of rotatable bonds is 8. The van der Waals surface area contributed by atoms with E-state index in [9.17, 15) is 13.2 Å². The van der Waals surface area contributed by atoms with Crippen molar-refractivity contribution < 1.29 is 17.9 Å². The number of aliphatic imine (C=N–C) groups is 1. The molecule has 32 heavy (non-hydrogen) atoms. The Morgan fingerprint density at radius 1 is 1.09 bits per heavy atom. The lowest BCUT2D eigenvalue weighted by atomic mass is 10.1. The number of alkyl halides is 3. The van der Waals surface area contributed by atoms with Crippen LogP contribution in [-0.4, -0.2) is 34.8 Å². The topological polar surface area (TPSA) is 63.5 Å². The summed E-state index contributed by atoms with van der Waals surface area (Å²) in [5.41, 5.74) is 2.96. The molecule has 0 fully saturated rings. The standard InChI is InChI=1S/C22H24F3N5O.HI/c1-2-27-21(28-13-17-7-9-19(10-8-17)31-15-22(23,24)25)29-14-18-5-3-4-6-20(18)30-12-11-26-16-30;/h3-12,16H,2,13-15H2,1H3,(H2,27,28,29);1H. The molecule has 0 bridgehead atoms. The quantitative estimate of drug-likeness (QED) is 0.239. The zero-order valence-electron chi connectivity index (χ0n) is 17.5. The van der Waals surface area contributed by atoms with Crippen LogP contribution < -0.4 is 15.4 Å². The molecule has 0 saturated carbocycles. The number of hydrogen-bond donors (Lipinski definition) is 2. The lowest BCUT2D eigenvalue weighted by Crippen LogP contribution is -2.37. The van der Waals surface area contributed by atoms with E-state index in [1.54, 1.807) is 24.7 Å². The number of para-hydroxylation sites is 1. The Balaban J connectivity index is 0.00000363. The van der Waals surface area contributed by atoms with Crippen molar-refractivity contribution in [1.82, 2.24) is 20.2 Å². The van der Waals surface area contributed by atoms with E-state index in [1.807, 2.05) is 42.0 Å². The lowest BCUT2D eigenvalue weighted by molar-refractivity contribution is -0.153. The molecule has 2 aromatic carbocycles. The van der Waals surface area contributed by atoms with E-state index >= 15 is 0 Å². The molecule has 6 nitrogen and oxygen atoms in total. The van der Waals surface area contributed by atoms with Crippen molar-refractivity contribution in [1.29, 1.82) is 0 Å². The second kappa shape index (κ2) is 12.3. The molecule has 1 heterocycles. The number of guanidine groups is 1. The summed E-state index contributed by atoms with van der Waals surface area (Å²) in [5, 5.41) is 6.51. The van der Waals surface area contributed by atoms with Crippen LogP contribution in [0.5, 0.6) is 5.75 Å². The first-order valence-corrected chi connectivity index (χ1v) is 9.81. The normalized spacial score (nSPS) is 11.6. The average molecular weight is 559 g/mol. The molecule has 0 atom stereocenters. The number of hydrogen-bond acceptors (Lipinski definition) is 3. The number of halogens is 4. The highest BCUT2D eigenvalue weighted by Crippen LogP contribution is 2.19. The van der Waals surface area contributed by atoms with Gasteiger partial charge in [0, 0.05) is 25.5 Å². The number of nitrogens with zero attached hydrogens (tertiary/aromatic N) is 3. The van der Waals surface area contributed by atoms with E-state index in [0.717, 1.165) is 16.8 Å². The number of benzene rings is 2. The molecule has 0 amide bonds. The van der Waals surface area contributed by atoms with Gasteiger partial charge in [-0.1, -0.05) is 30.3 Å². The summed E-state index contributed by atoms with van der Waals surface area (Å²) < 4.78 is 43.4. The van der Waals surface area contributed by atoms with Gasteiger partial charge < -0.3 is 19.9 Å². The Kier molecular flexibility index (Phi) is 9.82. The molecule has 0 unspecified atom stereocenters. The van der Waals surface area contributed by atoms with Crippen molar-refractivity contribution >= 4 is 29.9 Å². The van der Waals surface area contributed by atoms with Crippen LogP contribution in [0.2, 0.25) is 0 Å². The Morgan fingerprint density at radius 3 is 2.50 bits per heavy atom. The molecular formula is C22H25F3IN5O. The molecule has 0 aliphatic heterocycles.